The summed E-state index contributed by atoms with van der Waals surface area (Å²) in [7, 11) is 2.03. The van der Waals surface area contributed by atoms with Crippen LogP contribution < -0.4 is 5.73 Å². The molecule has 0 saturated heterocycles. The molecule has 5 heteroatoms. The minimum Gasteiger partial charge on any atom is -0.409 e. The summed E-state index contributed by atoms with van der Waals surface area (Å²) in [5.74, 6) is 0.284. The maximum Gasteiger partial charge on any atom is 0.139 e. The topological polar surface area (TPSA) is 74.7 Å². The Morgan fingerprint density at radius 3 is 3.00 bits per heavy atom. The summed E-state index contributed by atoms with van der Waals surface area (Å²) in [5, 5.41) is 11.3. The monoisotopic (exact) mass is 222 g/mol. The summed E-state index contributed by atoms with van der Waals surface area (Å²) in [6.07, 6.45) is 3.28. The number of oxime groups is 1. The molecule has 1 aromatic heterocycles. The van der Waals surface area contributed by atoms with Gasteiger partial charge in [-0.25, -0.2) is 0 Å². The van der Waals surface area contributed by atoms with Crippen molar-refractivity contribution in [2.24, 2.45) is 10.9 Å². The van der Waals surface area contributed by atoms with Gasteiger partial charge < -0.3 is 15.8 Å². The van der Waals surface area contributed by atoms with Gasteiger partial charge in [-0.3, -0.25) is 4.98 Å². The molecule has 0 aliphatic carbocycles. The predicted molar refractivity (Wildman–Crippen MR) is 63.2 cm³/mol. The van der Waals surface area contributed by atoms with E-state index in [0.717, 1.165) is 25.2 Å². The molecular formula is C11H18N4O. The molecule has 16 heavy (non-hydrogen) atoms. The van der Waals surface area contributed by atoms with E-state index in [2.05, 4.69) is 15.0 Å². The molecule has 0 aliphatic rings. The zero-order valence-corrected chi connectivity index (χ0v) is 9.50. The number of amidine groups is 1. The van der Waals surface area contributed by atoms with Crippen molar-refractivity contribution in [1.29, 1.82) is 0 Å². The van der Waals surface area contributed by atoms with Crippen LogP contribution in [0.25, 0.3) is 0 Å². The van der Waals surface area contributed by atoms with Gasteiger partial charge in [0, 0.05) is 19.2 Å². The Morgan fingerprint density at radius 1 is 1.56 bits per heavy atom. The van der Waals surface area contributed by atoms with Gasteiger partial charge in [0.2, 0.25) is 0 Å². The molecule has 1 aromatic rings. The molecule has 0 radical (unpaired) electrons. The molecule has 1 rings (SSSR count). The summed E-state index contributed by atoms with van der Waals surface area (Å²) in [5.41, 5.74) is 6.43. The van der Waals surface area contributed by atoms with E-state index in [1.807, 2.05) is 25.2 Å². The van der Waals surface area contributed by atoms with Crippen LogP contribution in [0.5, 0.6) is 0 Å². The zero-order valence-electron chi connectivity index (χ0n) is 9.50. The van der Waals surface area contributed by atoms with Gasteiger partial charge in [-0.05, 0) is 32.1 Å². The largest absolute Gasteiger partial charge is 0.409 e. The molecule has 0 bridgehead atoms. The Hall–Kier alpha value is -1.62. The summed E-state index contributed by atoms with van der Waals surface area (Å²) in [6, 6.07) is 5.88. The van der Waals surface area contributed by atoms with Crippen molar-refractivity contribution in [2.75, 3.05) is 13.6 Å². The first kappa shape index (κ1) is 12.4. The first-order valence-corrected chi connectivity index (χ1v) is 5.27. The second kappa shape index (κ2) is 6.79. The zero-order chi connectivity index (χ0) is 11.8. The highest BCUT2D eigenvalue weighted by Gasteiger charge is 2.01. The molecule has 1 heterocycles. The summed E-state index contributed by atoms with van der Waals surface area (Å²) < 4.78 is 0. The highest BCUT2D eigenvalue weighted by atomic mass is 16.4. The third kappa shape index (κ3) is 4.75. The third-order valence-electron chi connectivity index (χ3n) is 2.26. The van der Waals surface area contributed by atoms with E-state index >= 15 is 0 Å². The van der Waals surface area contributed by atoms with E-state index in [4.69, 9.17) is 10.9 Å². The van der Waals surface area contributed by atoms with Crippen molar-refractivity contribution in [1.82, 2.24) is 9.88 Å². The average molecular weight is 222 g/mol. The minimum atomic E-state index is 0.284. The molecule has 0 amide bonds. The fraction of sp³-hybridized carbons (Fsp3) is 0.455. The lowest BCUT2D eigenvalue weighted by Gasteiger charge is -2.15. The second-order valence-corrected chi connectivity index (χ2v) is 3.75. The first-order valence-electron chi connectivity index (χ1n) is 5.27. The van der Waals surface area contributed by atoms with Crippen molar-refractivity contribution in [3.8, 4) is 0 Å². The van der Waals surface area contributed by atoms with E-state index in [9.17, 15) is 0 Å². The van der Waals surface area contributed by atoms with Gasteiger partial charge in [-0.1, -0.05) is 11.2 Å². The quantitative estimate of drug-likeness (QED) is 0.326. The maximum absolute atomic E-state index is 8.37. The van der Waals surface area contributed by atoms with E-state index in [-0.39, 0.29) is 5.84 Å². The van der Waals surface area contributed by atoms with Gasteiger partial charge >= 0.3 is 0 Å². The van der Waals surface area contributed by atoms with Crippen molar-refractivity contribution in [2.45, 2.75) is 19.4 Å². The van der Waals surface area contributed by atoms with Gasteiger partial charge in [0.15, 0.2) is 0 Å². The Labute approximate surface area is 95.6 Å². The van der Waals surface area contributed by atoms with Crippen LogP contribution in [0, 0.1) is 0 Å². The Bertz CT molecular complexity index is 326. The number of pyridine rings is 1. The predicted octanol–water partition coefficient (Wildman–Crippen LogP) is 1.04. The molecule has 88 valence electrons. The van der Waals surface area contributed by atoms with Crippen LogP contribution >= 0.6 is 0 Å². The van der Waals surface area contributed by atoms with Crippen LogP contribution in [0.15, 0.2) is 29.6 Å². The van der Waals surface area contributed by atoms with Crippen LogP contribution in [0.1, 0.15) is 18.5 Å². The Kier molecular flexibility index (Phi) is 5.28. The molecule has 0 fully saturated rings. The van der Waals surface area contributed by atoms with Crippen LogP contribution in [0.4, 0.5) is 0 Å². The Balaban J connectivity index is 2.24. The van der Waals surface area contributed by atoms with Gasteiger partial charge in [0.1, 0.15) is 5.84 Å². The number of hydrogen-bond donors (Lipinski definition) is 2. The number of rotatable bonds is 6. The number of nitrogens with zero attached hydrogens (tertiary/aromatic N) is 3. The van der Waals surface area contributed by atoms with Gasteiger partial charge in [0.05, 0.1) is 5.69 Å². The van der Waals surface area contributed by atoms with E-state index in [0.29, 0.717) is 6.42 Å². The second-order valence-electron chi connectivity index (χ2n) is 3.75. The summed E-state index contributed by atoms with van der Waals surface area (Å²) in [4.78, 5) is 6.41. The molecule has 0 aromatic carbocycles. The highest BCUT2D eigenvalue weighted by Crippen LogP contribution is 2.00. The SMILES string of the molecule is CN(CCC/C(N)=N/O)Cc1ccccn1. The lowest BCUT2D eigenvalue weighted by Crippen LogP contribution is -2.21. The molecule has 0 aliphatic heterocycles. The lowest BCUT2D eigenvalue weighted by atomic mass is 10.2. The number of aromatic nitrogens is 1. The molecule has 5 nitrogen and oxygen atoms in total. The average Bonchev–Trinajstić information content (AvgIpc) is 2.30. The lowest BCUT2D eigenvalue weighted by molar-refractivity contribution is 0.309. The van der Waals surface area contributed by atoms with Crippen molar-refractivity contribution in [3.05, 3.63) is 30.1 Å². The molecule has 0 atom stereocenters. The van der Waals surface area contributed by atoms with Gasteiger partial charge in [-0.15, -0.1) is 0 Å². The normalized spacial score (nSPS) is 12.0. The highest BCUT2D eigenvalue weighted by molar-refractivity contribution is 5.79. The maximum atomic E-state index is 8.37. The van der Waals surface area contributed by atoms with E-state index < -0.39 is 0 Å². The van der Waals surface area contributed by atoms with Gasteiger partial charge in [0.25, 0.3) is 0 Å². The molecule has 0 saturated carbocycles. The van der Waals surface area contributed by atoms with Crippen molar-refractivity contribution < 1.29 is 5.21 Å². The number of hydrogen-bond acceptors (Lipinski definition) is 4. The molecule has 0 spiro atoms. The fourth-order valence-corrected chi connectivity index (χ4v) is 1.43. The van der Waals surface area contributed by atoms with Gasteiger partial charge in [-0.2, -0.15) is 0 Å². The Morgan fingerprint density at radius 2 is 2.38 bits per heavy atom. The molecular weight excluding hydrogens is 204 g/mol. The van der Waals surface area contributed by atoms with Crippen molar-refractivity contribution in [3.63, 3.8) is 0 Å². The third-order valence-corrected chi connectivity index (χ3v) is 2.26. The summed E-state index contributed by atoms with van der Waals surface area (Å²) in [6.45, 7) is 1.71. The summed E-state index contributed by atoms with van der Waals surface area (Å²) >= 11 is 0. The smallest absolute Gasteiger partial charge is 0.139 e. The van der Waals surface area contributed by atoms with Crippen LogP contribution in [-0.4, -0.2) is 34.5 Å². The van der Waals surface area contributed by atoms with E-state index in [1.54, 1.807) is 6.20 Å². The number of nitrogens with two attached hydrogens (primary N) is 1. The first-order chi connectivity index (χ1) is 7.72. The van der Waals surface area contributed by atoms with Crippen LogP contribution in [-0.2, 0) is 6.54 Å². The standard InChI is InChI=1S/C11H18N4O/c1-15(8-4-6-11(12)14-16)9-10-5-2-3-7-13-10/h2-3,5,7,16H,4,6,8-9H2,1H3,(H2,12,14). The van der Waals surface area contributed by atoms with Crippen LogP contribution in [0.3, 0.4) is 0 Å². The van der Waals surface area contributed by atoms with E-state index in [1.165, 1.54) is 0 Å². The van der Waals surface area contributed by atoms with Crippen LogP contribution in [0.2, 0.25) is 0 Å². The minimum absolute atomic E-state index is 0.284. The molecule has 3 N–H and O–H groups in total. The molecule has 0 unspecified atom stereocenters. The van der Waals surface area contributed by atoms with Crippen molar-refractivity contribution >= 4 is 5.84 Å². The fourth-order valence-electron chi connectivity index (χ4n) is 1.43.